The maximum Gasteiger partial charge on any atom is 0.328 e. The van der Waals surface area contributed by atoms with Crippen molar-refractivity contribution < 1.29 is 28.8 Å². The molecule has 0 bridgehead atoms. The average Bonchev–Trinajstić information content (AvgIpc) is 3.34. The van der Waals surface area contributed by atoms with E-state index in [1.165, 1.54) is 24.3 Å². The van der Waals surface area contributed by atoms with Crippen LogP contribution in [0.4, 0.5) is 5.69 Å². The van der Waals surface area contributed by atoms with Crippen LogP contribution in [0, 0.1) is 17.0 Å². The minimum absolute atomic E-state index is 0.0911. The Hall–Kier alpha value is -5.12. The quantitative estimate of drug-likeness (QED) is 0.0927. The molecule has 3 aromatic carbocycles. The van der Waals surface area contributed by atoms with Gasteiger partial charge in [-0.25, -0.2) is 9.78 Å². The molecule has 0 saturated carbocycles. The lowest BCUT2D eigenvalue weighted by molar-refractivity contribution is -0.384. The van der Waals surface area contributed by atoms with Crippen molar-refractivity contribution in [2.24, 2.45) is 4.99 Å². The van der Waals surface area contributed by atoms with E-state index < -0.39 is 16.9 Å². The number of Topliss-reactive ketones (excluding diaryl/α,β-unsaturated/α-hetero) is 1. The summed E-state index contributed by atoms with van der Waals surface area (Å²) in [6.45, 7) is 3.86. The van der Waals surface area contributed by atoms with E-state index in [-0.39, 0.29) is 24.3 Å². The van der Waals surface area contributed by atoms with Crippen LogP contribution in [-0.2, 0) is 17.6 Å². The van der Waals surface area contributed by atoms with Crippen molar-refractivity contribution in [1.29, 1.82) is 0 Å². The number of hydrogen-bond donors (Lipinski definition) is 1. The Bertz CT molecular complexity index is 1540. The Morgan fingerprint density at radius 3 is 2.37 bits per heavy atom. The molecule has 1 heterocycles. The predicted molar refractivity (Wildman–Crippen MR) is 153 cm³/mol. The fraction of sp³-hybridized carbons (Fsp3) is 0.226. The molecule has 0 spiro atoms. The smallest absolute Gasteiger partial charge is 0.328 e. The molecular weight excluding hydrogens is 526 g/mol. The zero-order valence-electron chi connectivity index (χ0n) is 22.6. The topological polar surface area (TPSA) is 145 Å². The standard InChI is InChI=1S/C31H29N3O7/c1-20(18-29(35)23-10-12-25(13-11-23)34(38)39)32-28(31(36)37)19-22-8-14-26(15-9-22)40-17-16-27-21(2)41-30(33-27)24-6-4-3-5-7-24/h3-15,28H,16-19H2,1-2H3,(H,36,37)/t28-/m0/s1. The van der Waals surface area contributed by atoms with Crippen LogP contribution in [0.1, 0.15) is 40.7 Å². The third kappa shape index (κ3) is 7.95. The van der Waals surface area contributed by atoms with Gasteiger partial charge in [-0.05, 0) is 55.8 Å². The molecule has 4 rings (SSSR count). The lowest BCUT2D eigenvalue weighted by Crippen LogP contribution is -2.22. The van der Waals surface area contributed by atoms with Crippen LogP contribution in [0.15, 0.2) is 88.3 Å². The minimum atomic E-state index is -1.11. The first-order valence-corrected chi connectivity index (χ1v) is 13.0. The molecule has 0 unspecified atom stereocenters. The average molecular weight is 556 g/mol. The molecule has 0 fully saturated rings. The number of carboxylic acid groups (broad SMARTS) is 1. The van der Waals surface area contributed by atoms with Gasteiger partial charge in [0.05, 0.1) is 17.2 Å². The van der Waals surface area contributed by atoms with Crippen molar-refractivity contribution in [3.8, 4) is 17.2 Å². The molecule has 0 saturated heterocycles. The van der Waals surface area contributed by atoms with E-state index in [9.17, 15) is 24.8 Å². The molecule has 10 heteroatoms. The normalized spacial score (nSPS) is 12.1. The molecule has 0 amide bonds. The van der Waals surface area contributed by atoms with Gasteiger partial charge in [0.2, 0.25) is 5.89 Å². The number of aromatic nitrogens is 1. The van der Waals surface area contributed by atoms with E-state index in [4.69, 9.17) is 9.15 Å². The van der Waals surface area contributed by atoms with E-state index in [2.05, 4.69) is 9.98 Å². The number of benzene rings is 3. The van der Waals surface area contributed by atoms with Gasteiger partial charge in [-0.3, -0.25) is 19.9 Å². The number of oxazole rings is 1. The number of carbonyl (C=O) groups is 2. The highest BCUT2D eigenvalue weighted by Gasteiger charge is 2.19. The summed E-state index contributed by atoms with van der Waals surface area (Å²) in [4.78, 5) is 43.5. The Morgan fingerprint density at radius 1 is 1.05 bits per heavy atom. The van der Waals surface area contributed by atoms with Crippen molar-refractivity contribution >= 4 is 23.2 Å². The summed E-state index contributed by atoms with van der Waals surface area (Å²) < 4.78 is 11.7. The van der Waals surface area contributed by atoms with Crippen molar-refractivity contribution in [1.82, 2.24) is 4.98 Å². The molecule has 0 aliphatic carbocycles. The van der Waals surface area contributed by atoms with Crippen LogP contribution < -0.4 is 4.74 Å². The minimum Gasteiger partial charge on any atom is -0.493 e. The summed E-state index contributed by atoms with van der Waals surface area (Å²) in [5.74, 6) is 0.546. The van der Waals surface area contributed by atoms with Crippen LogP contribution in [-0.4, -0.2) is 45.1 Å². The monoisotopic (exact) mass is 555 g/mol. The number of carboxylic acids is 1. The zero-order chi connectivity index (χ0) is 29.4. The number of rotatable bonds is 13. The number of aliphatic carboxylic acids is 1. The summed E-state index contributed by atoms with van der Waals surface area (Å²) >= 11 is 0. The second-order valence-corrected chi connectivity index (χ2v) is 9.46. The molecule has 0 aliphatic heterocycles. The van der Waals surface area contributed by atoms with Crippen LogP contribution in [0.2, 0.25) is 0 Å². The number of aliphatic imine (C=N–C) groups is 1. The number of aryl methyl sites for hydroxylation is 1. The Balaban J connectivity index is 1.30. The number of ketones is 1. The Morgan fingerprint density at radius 2 is 1.73 bits per heavy atom. The second kappa shape index (κ2) is 13.3. The summed E-state index contributed by atoms with van der Waals surface area (Å²) in [7, 11) is 0. The summed E-state index contributed by atoms with van der Waals surface area (Å²) in [5, 5.41) is 20.5. The lowest BCUT2D eigenvalue weighted by atomic mass is 10.0. The summed E-state index contributed by atoms with van der Waals surface area (Å²) in [6.07, 6.45) is 0.614. The highest BCUT2D eigenvalue weighted by molar-refractivity contribution is 6.09. The van der Waals surface area contributed by atoms with E-state index >= 15 is 0 Å². The number of ether oxygens (including phenoxy) is 1. The van der Waals surface area contributed by atoms with Gasteiger partial charge >= 0.3 is 5.97 Å². The SMILES string of the molecule is CC(CC(=O)c1ccc([N+](=O)[O-])cc1)=N[C@@H](Cc1ccc(OCCc2nc(-c3ccccc3)oc2C)cc1)C(=O)O. The molecule has 10 nitrogen and oxygen atoms in total. The molecule has 4 aromatic rings. The van der Waals surface area contributed by atoms with Crippen LogP contribution in [0.5, 0.6) is 5.75 Å². The molecular formula is C31H29N3O7. The van der Waals surface area contributed by atoms with Crippen LogP contribution in [0.3, 0.4) is 0 Å². The molecule has 0 radical (unpaired) electrons. The number of carbonyl (C=O) groups excluding carboxylic acids is 1. The van der Waals surface area contributed by atoms with Crippen LogP contribution >= 0.6 is 0 Å². The first-order chi connectivity index (χ1) is 19.7. The van der Waals surface area contributed by atoms with Crippen LogP contribution in [0.25, 0.3) is 11.5 Å². The van der Waals surface area contributed by atoms with E-state index in [1.807, 2.05) is 37.3 Å². The summed E-state index contributed by atoms with van der Waals surface area (Å²) in [6, 6.07) is 21.0. The molecule has 0 aliphatic rings. The largest absolute Gasteiger partial charge is 0.493 e. The summed E-state index contributed by atoms with van der Waals surface area (Å²) in [5.41, 5.74) is 3.03. The van der Waals surface area contributed by atoms with Crippen molar-refractivity contribution in [2.45, 2.75) is 39.2 Å². The maximum absolute atomic E-state index is 12.5. The molecule has 41 heavy (non-hydrogen) atoms. The first kappa shape index (κ1) is 28.9. The van der Waals surface area contributed by atoms with E-state index in [0.717, 1.165) is 22.6 Å². The van der Waals surface area contributed by atoms with Crippen molar-refractivity contribution in [3.05, 3.63) is 112 Å². The van der Waals surface area contributed by atoms with E-state index in [1.54, 1.807) is 31.2 Å². The number of nitro benzene ring substituents is 1. The second-order valence-electron chi connectivity index (χ2n) is 9.46. The van der Waals surface area contributed by atoms with Gasteiger partial charge < -0.3 is 14.3 Å². The number of nitro groups is 1. The van der Waals surface area contributed by atoms with Gasteiger partial charge in [-0.1, -0.05) is 30.3 Å². The molecule has 1 N–H and O–H groups in total. The molecule has 1 aromatic heterocycles. The van der Waals surface area contributed by atoms with Gasteiger partial charge in [0.15, 0.2) is 11.8 Å². The van der Waals surface area contributed by atoms with Gasteiger partial charge in [-0.15, -0.1) is 0 Å². The maximum atomic E-state index is 12.5. The third-order valence-electron chi connectivity index (χ3n) is 6.35. The number of nitrogens with zero attached hydrogens (tertiary/aromatic N) is 3. The Kier molecular flexibility index (Phi) is 9.36. The van der Waals surface area contributed by atoms with Crippen molar-refractivity contribution in [3.63, 3.8) is 0 Å². The zero-order valence-corrected chi connectivity index (χ0v) is 22.6. The predicted octanol–water partition coefficient (Wildman–Crippen LogP) is 5.91. The fourth-order valence-corrected chi connectivity index (χ4v) is 4.18. The van der Waals surface area contributed by atoms with Gasteiger partial charge in [0.1, 0.15) is 11.5 Å². The van der Waals surface area contributed by atoms with Gasteiger partial charge in [0, 0.05) is 48.2 Å². The number of hydrogen-bond acceptors (Lipinski definition) is 8. The van der Waals surface area contributed by atoms with E-state index in [0.29, 0.717) is 35.9 Å². The van der Waals surface area contributed by atoms with Crippen molar-refractivity contribution in [2.75, 3.05) is 6.61 Å². The van der Waals surface area contributed by atoms with Gasteiger partial charge in [-0.2, -0.15) is 0 Å². The highest BCUT2D eigenvalue weighted by atomic mass is 16.6. The fourth-order valence-electron chi connectivity index (χ4n) is 4.18. The van der Waals surface area contributed by atoms with Gasteiger partial charge in [0.25, 0.3) is 5.69 Å². The lowest BCUT2D eigenvalue weighted by Gasteiger charge is -2.11. The first-order valence-electron chi connectivity index (χ1n) is 13.0. The molecule has 1 atom stereocenters. The highest BCUT2D eigenvalue weighted by Crippen LogP contribution is 2.22. The molecule has 210 valence electrons. The third-order valence-corrected chi connectivity index (χ3v) is 6.35. The number of non-ortho nitro benzene ring substituents is 1. The Labute approximate surface area is 236 Å².